The summed E-state index contributed by atoms with van der Waals surface area (Å²) in [4.78, 5) is 0. The highest BCUT2D eigenvalue weighted by Gasteiger charge is 2.43. The first-order valence-corrected chi connectivity index (χ1v) is 39.5. The van der Waals surface area contributed by atoms with E-state index >= 15 is 0 Å². The minimum atomic E-state index is -2.11. The summed E-state index contributed by atoms with van der Waals surface area (Å²) in [5.41, 5.74) is 31.6. The van der Waals surface area contributed by atoms with Crippen LogP contribution < -0.4 is 0 Å². The Morgan fingerprint density at radius 1 is 0.392 bits per heavy atom. The van der Waals surface area contributed by atoms with Crippen molar-refractivity contribution < 1.29 is 0 Å². The van der Waals surface area contributed by atoms with Gasteiger partial charge in [0, 0.05) is 44.5 Å². The fourth-order valence-electron chi connectivity index (χ4n) is 10.6. The van der Waals surface area contributed by atoms with E-state index in [2.05, 4.69) is 293 Å². The van der Waals surface area contributed by atoms with Gasteiger partial charge >= 0.3 is 0 Å². The fraction of sp³-hybridized carbons (Fsp3) is 0.486. The molecule has 0 amide bonds. The third-order valence-corrected chi connectivity index (χ3v) is 29.3. The third-order valence-electron chi connectivity index (χ3n) is 14.9. The molecule has 0 saturated heterocycles. The maximum absolute atomic E-state index is 4.10. The summed E-state index contributed by atoms with van der Waals surface area (Å²) in [6.07, 6.45) is 5.32. The van der Waals surface area contributed by atoms with E-state index < -0.39 is 32.3 Å². The molecule has 0 spiro atoms. The molecular weight excluding hydrogens is 953 g/mol. The van der Waals surface area contributed by atoms with Gasteiger partial charge in [0.05, 0.1) is 11.1 Å². The van der Waals surface area contributed by atoms with Crippen LogP contribution in [0, 0.1) is 81.4 Å². The first-order chi connectivity index (χ1) is 34.5. The van der Waals surface area contributed by atoms with Gasteiger partial charge in [-0.25, -0.2) is 0 Å². The van der Waals surface area contributed by atoms with Gasteiger partial charge in [0.2, 0.25) is 0 Å². The second-order valence-corrected chi connectivity index (χ2v) is 46.1. The van der Waals surface area contributed by atoms with E-state index in [-0.39, 0.29) is 0 Å². The molecule has 0 N–H and O–H groups in total. The number of allylic oxidation sites excluding steroid dienone is 4. The van der Waals surface area contributed by atoms with Crippen molar-refractivity contribution in [3.05, 3.63) is 127 Å². The summed E-state index contributed by atoms with van der Waals surface area (Å²) in [6, 6.07) is 17.8. The van der Waals surface area contributed by atoms with Crippen LogP contribution in [-0.4, -0.2) is 32.3 Å². The smallest absolute Gasteiger partial charge is 0.127 e. The average Bonchev–Trinajstić information content (AvgIpc) is 3.28. The summed E-state index contributed by atoms with van der Waals surface area (Å²) >= 11 is 0. The first kappa shape index (κ1) is 61.5. The largest absolute Gasteiger partial charge is 0.146 e. The van der Waals surface area contributed by atoms with Crippen LogP contribution in [0.25, 0.3) is 0 Å². The van der Waals surface area contributed by atoms with Crippen LogP contribution in [-0.2, 0) is 6.42 Å². The molecule has 3 aromatic rings. The minimum absolute atomic E-state index is 0.387. The number of benzene rings is 3. The van der Waals surface area contributed by atoms with Crippen LogP contribution in [0.4, 0.5) is 0 Å². The monoisotopic (exact) mass is 1040 g/mol. The molecule has 0 unspecified atom stereocenters. The Hall–Kier alpha value is -5.07. The Bertz CT molecular complexity index is 2940. The van der Waals surface area contributed by atoms with Gasteiger partial charge in [0.15, 0.2) is 0 Å². The lowest BCUT2D eigenvalue weighted by Gasteiger charge is -2.38. The quantitative estimate of drug-likeness (QED) is 0.133. The predicted molar refractivity (Wildman–Crippen MR) is 338 cm³/mol. The standard InChI is InChI=1S/C70H92Si4/c1-24-25-26-58-45-67(39-43-73(52(6)7,53(8)9)54(10)11)70(68(46-58)40-44-74(55(12)13,56(14)15)57(16)17)36-35-69-65(33-29-59-27-31-61(50(2)3)47-63(59)37-41-71(18,19)20)49-66(69)34-30-60-28-32-62(51(4)5)48-64(60)38-42-72(21,22)23/h27-28,31-32,45-57H,24-26H2,1-23H3. The Morgan fingerprint density at radius 2 is 0.784 bits per heavy atom. The van der Waals surface area contributed by atoms with Crippen LogP contribution in [0.2, 0.25) is 72.5 Å². The molecule has 0 bridgehead atoms. The maximum atomic E-state index is 4.10. The maximum Gasteiger partial charge on any atom is 0.146 e. The Labute approximate surface area is 459 Å². The van der Waals surface area contributed by atoms with Gasteiger partial charge in [0.1, 0.15) is 32.3 Å². The SMILES string of the molecule is CCCCc1cc(C#C[Si](C(C)C)(C(C)C)C(C)C)c(C#CC2=C(C#Cc3ccc(C(C)C)cc3C#C[Si](C)(C)C)C=C2C#Cc2ccc(C(C)C)cc2C#C[Si](C)(C)C)c(C#C[Si](C(C)C)(C(C)C)C(C)C)c1. The lowest BCUT2D eigenvalue weighted by atomic mass is 9.87. The second-order valence-electron chi connectivity index (χ2n) is 25.5. The first-order valence-electron chi connectivity index (χ1n) is 28.1. The molecule has 1 aliphatic carbocycles. The van der Waals surface area contributed by atoms with E-state index in [0.717, 1.165) is 74.9 Å². The van der Waals surface area contributed by atoms with Crippen molar-refractivity contribution in [2.24, 2.45) is 0 Å². The number of unbranched alkanes of at least 4 members (excludes halogenated alkanes) is 1. The van der Waals surface area contributed by atoms with Gasteiger partial charge in [-0.15, -0.1) is 22.2 Å². The molecule has 3 aromatic carbocycles. The lowest BCUT2D eigenvalue weighted by molar-refractivity contribution is 0.794. The van der Waals surface area contributed by atoms with Crippen LogP contribution in [0.3, 0.4) is 0 Å². The van der Waals surface area contributed by atoms with E-state index in [1.165, 1.54) is 16.7 Å². The summed E-state index contributed by atoms with van der Waals surface area (Å²) in [6.45, 7) is 53.7. The molecule has 0 heterocycles. The number of hydrogen-bond donors (Lipinski definition) is 0. The van der Waals surface area contributed by atoms with Crippen LogP contribution >= 0.6 is 0 Å². The molecular formula is C70H92Si4. The molecule has 0 aliphatic heterocycles. The third kappa shape index (κ3) is 15.7. The van der Waals surface area contributed by atoms with E-state index in [1.54, 1.807) is 0 Å². The molecule has 0 aromatic heterocycles. The van der Waals surface area contributed by atoms with Gasteiger partial charge in [0.25, 0.3) is 0 Å². The molecule has 74 heavy (non-hydrogen) atoms. The topological polar surface area (TPSA) is 0 Å². The Kier molecular flexibility index (Phi) is 21.7. The molecule has 388 valence electrons. The predicted octanol–water partition coefficient (Wildman–Crippen LogP) is 18.6. The number of rotatable bonds is 11. The molecule has 0 atom stereocenters. The zero-order chi connectivity index (χ0) is 55.5. The van der Waals surface area contributed by atoms with Crippen LogP contribution in [0.1, 0.15) is 198 Å². The van der Waals surface area contributed by atoms with Gasteiger partial charge in [-0.05, 0) is 117 Å². The van der Waals surface area contributed by atoms with E-state index in [1.807, 2.05) is 0 Å². The summed E-state index contributed by atoms with van der Waals surface area (Å²) < 4.78 is 0. The zero-order valence-electron chi connectivity index (χ0n) is 50.4. The summed E-state index contributed by atoms with van der Waals surface area (Å²) in [5, 5.41) is 0. The average molecular weight is 1050 g/mol. The van der Waals surface area contributed by atoms with Crippen LogP contribution in [0.15, 0.2) is 71.3 Å². The minimum Gasteiger partial charge on any atom is -0.127 e. The van der Waals surface area contributed by atoms with E-state index in [0.29, 0.717) is 45.1 Å². The Morgan fingerprint density at radius 3 is 1.15 bits per heavy atom. The van der Waals surface area contributed by atoms with Crippen molar-refractivity contribution in [1.82, 2.24) is 0 Å². The molecule has 4 rings (SSSR count). The highest BCUT2D eigenvalue weighted by Crippen LogP contribution is 2.42. The van der Waals surface area contributed by atoms with Crippen molar-refractivity contribution in [3.63, 3.8) is 0 Å². The number of aryl methyl sites for hydroxylation is 1. The highest BCUT2D eigenvalue weighted by atomic mass is 28.3. The molecule has 0 radical (unpaired) electrons. The van der Waals surface area contributed by atoms with E-state index in [9.17, 15) is 0 Å². The highest BCUT2D eigenvalue weighted by molar-refractivity contribution is 6.91. The van der Waals surface area contributed by atoms with E-state index in [4.69, 9.17) is 0 Å². The molecule has 0 saturated carbocycles. The van der Waals surface area contributed by atoms with Gasteiger partial charge < -0.3 is 0 Å². The second kappa shape index (κ2) is 26.1. The van der Waals surface area contributed by atoms with Gasteiger partial charge in [-0.1, -0.05) is 235 Å². The molecule has 0 nitrogen and oxygen atoms in total. The lowest BCUT2D eigenvalue weighted by Crippen LogP contribution is -2.43. The number of hydrogen-bond acceptors (Lipinski definition) is 0. The van der Waals surface area contributed by atoms with Crippen molar-refractivity contribution in [3.8, 4) is 81.4 Å². The Balaban J connectivity index is 2.19. The molecule has 1 aliphatic rings. The van der Waals surface area contributed by atoms with Gasteiger partial charge in [-0.2, -0.15) is 0 Å². The van der Waals surface area contributed by atoms with Crippen molar-refractivity contribution in [1.29, 1.82) is 0 Å². The van der Waals surface area contributed by atoms with Crippen molar-refractivity contribution in [2.75, 3.05) is 0 Å². The van der Waals surface area contributed by atoms with Gasteiger partial charge in [-0.3, -0.25) is 0 Å². The van der Waals surface area contributed by atoms with Crippen molar-refractivity contribution in [2.45, 2.75) is 221 Å². The summed E-state index contributed by atoms with van der Waals surface area (Å²) in [5.74, 6) is 37.7. The van der Waals surface area contributed by atoms with Crippen LogP contribution in [0.5, 0.6) is 0 Å². The van der Waals surface area contributed by atoms with Crippen molar-refractivity contribution >= 4 is 32.3 Å². The normalized spacial score (nSPS) is 12.7. The zero-order valence-corrected chi connectivity index (χ0v) is 54.4. The molecule has 4 heteroatoms. The fourth-order valence-corrected chi connectivity index (χ4v) is 22.1. The molecule has 0 fully saturated rings. The summed E-state index contributed by atoms with van der Waals surface area (Å²) in [7, 11) is -7.51.